The van der Waals surface area contributed by atoms with Crippen LogP contribution in [0, 0.1) is 0 Å². The molecule has 3 nitrogen and oxygen atoms in total. The monoisotopic (exact) mass is 223 g/mol. The van der Waals surface area contributed by atoms with Crippen molar-refractivity contribution in [2.24, 2.45) is 0 Å². The summed E-state index contributed by atoms with van der Waals surface area (Å²) in [5, 5.41) is 22.5. The number of nitrogens with one attached hydrogen (secondary N) is 1. The van der Waals surface area contributed by atoms with Gasteiger partial charge in [-0.05, 0) is 45.4 Å². The Balaban J connectivity index is 2.88. The third-order valence-corrected chi connectivity index (χ3v) is 2.97. The summed E-state index contributed by atoms with van der Waals surface area (Å²) in [6, 6.07) is 4.60. The lowest BCUT2D eigenvalue weighted by Gasteiger charge is -2.29. The summed E-state index contributed by atoms with van der Waals surface area (Å²) in [5.41, 5.74) is 0.735. The summed E-state index contributed by atoms with van der Waals surface area (Å²) in [4.78, 5) is 0. The Morgan fingerprint density at radius 3 is 2.50 bits per heavy atom. The number of hydrogen-bond donors (Lipinski definition) is 3. The number of benzene rings is 1. The van der Waals surface area contributed by atoms with Gasteiger partial charge in [0.25, 0.3) is 0 Å². The van der Waals surface area contributed by atoms with Gasteiger partial charge in [0.15, 0.2) is 0 Å². The number of phenolic OH excluding ortho intramolecular Hbond substituents is 2. The summed E-state index contributed by atoms with van der Waals surface area (Å²) in [6.07, 6.45) is 0.997. The first kappa shape index (κ1) is 12.8. The minimum Gasteiger partial charge on any atom is -0.508 e. The molecule has 16 heavy (non-hydrogen) atoms. The molecule has 1 aromatic carbocycles. The van der Waals surface area contributed by atoms with Crippen LogP contribution in [0.4, 0.5) is 0 Å². The SMILES string of the molecule is CCC(C)(C)NC(C)c1cc(O)ccc1O. The average molecular weight is 223 g/mol. The van der Waals surface area contributed by atoms with E-state index in [1.165, 1.54) is 12.1 Å². The highest BCUT2D eigenvalue weighted by Gasteiger charge is 2.20. The Morgan fingerprint density at radius 2 is 1.94 bits per heavy atom. The van der Waals surface area contributed by atoms with E-state index in [1.807, 2.05) is 6.92 Å². The van der Waals surface area contributed by atoms with Crippen LogP contribution in [-0.2, 0) is 0 Å². The molecule has 0 aliphatic rings. The number of aromatic hydroxyl groups is 2. The van der Waals surface area contributed by atoms with Crippen molar-refractivity contribution in [2.45, 2.75) is 45.7 Å². The van der Waals surface area contributed by atoms with Gasteiger partial charge in [-0.15, -0.1) is 0 Å². The second-order valence-electron chi connectivity index (χ2n) is 4.85. The van der Waals surface area contributed by atoms with Crippen molar-refractivity contribution in [1.82, 2.24) is 5.32 Å². The molecule has 0 heterocycles. The topological polar surface area (TPSA) is 52.5 Å². The van der Waals surface area contributed by atoms with Crippen molar-refractivity contribution >= 4 is 0 Å². The van der Waals surface area contributed by atoms with Gasteiger partial charge in [-0.1, -0.05) is 6.92 Å². The first-order chi connectivity index (χ1) is 7.35. The predicted molar refractivity (Wildman–Crippen MR) is 65.7 cm³/mol. The molecule has 0 aliphatic heterocycles. The molecule has 0 saturated heterocycles. The zero-order valence-electron chi connectivity index (χ0n) is 10.4. The van der Waals surface area contributed by atoms with E-state index in [0.29, 0.717) is 0 Å². The molecule has 1 unspecified atom stereocenters. The molecule has 0 bridgehead atoms. The fraction of sp³-hybridized carbons (Fsp3) is 0.538. The average Bonchev–Trinajstić information content (AvgIpc) is 2.21. The molecule has 1 rings (SSSR count). The molecule has 1 aromatic rings. The van der Waals surface area contributed by atoms with Crippen LogP contribution in [0.3, 0.4) is 0 Å². The van der Waals surface area contributed by atoms with Gasteiger partial charge < -0.3 is 15.5 Å². The van der Waals surface area contributed by atoms with Crippen LogP contribution >= 0.6 is 0 Å². The zero-order valence-corrected chi connectivity index (χ0v) is 10.4. The van der Waals surface area contributed by atoms with Crippen LogP contribution in [0.1, 0.15) is 45.7 Å². The maximum Gasteiger partial charge on any atom is 0.120 e. The maximum absolute atomic E-state index is 9.72. The van der Waals surface area contributed by atoms with Gasteiger partial charge in [-0.25, -0.2) is 0 Å². The van der Waals surface area contributed by atoms with Gasteiger partial charge >= 0.3 is 0 Å². The summed E-state index contributed by atoms with van der Waals surface area (Å²) in [7, 11) is 0. The Kier molecular flexibility index (Phi) is 3.81. The highest BCUT2D eigenvalue weighted by atomic mass is 16.3. The standard InChI is InChI=1S/C13H21NO2/c1-5-13(3,4)14-9(2)11-8-10(15)6-7-12(11)16/h6-9,14-16H,5H2,1-4H3. The van der Waals surface area contributed by atoms with E-state index in [4.69, 9.17) is 0 Å². The number of rotatable bonds is 4. The zero-order chi connectivity index (χ0) is 12.3. The summed E-state index contributed by atoms with van der Waals surface area (Å²) in [6.45, 7) is 8.32. The Labute approximate surface area is 97.1 Å². The van der Waals surface area contributed by atoms with E-state index < -0.39 is 0 Å². The summed E-state index contributed by atoms with van der Waals surface area (Å²) >= 11 is 0. The van der Waals surface area contributed by atoms with E-state index >= 15 is 0 Å². The van der Waals surface area contributed by atoms with Crippen molar-refractivity contribution in [1.29, 1.82) is 0 Å². The Morgan fingerprint density at radius 1 is 1.31 bits per heavy atom. The van der Waals surface area contributed by atoms with Crippen LogP contribution in [0.2, 0.25) is 0 Å². The molecular weight excluding hydrogens is 202 g/mol. The quantitative estimate of drug-likeness (QED) is 0.688. The molecule has 0 spiro atoms. The second-order valence-corrected chi connectivity index (χ2v) is 4.85. The molecule has 0 amide bonds. The molecule has 1 atom stereocenters. The molecule has 0 aromatic heterocycles. The molecule has 0 fully saturated rings. The molecule has 0 radical (unpaired) electrons. The van der Waals surface area contributed by atoms with Crippen molar-refractivity contribution in [3.8, 4) is 11.5 Å². The highest BCUT2D eigenvalue weighted by Crippen LogP contribution is 2.29. The lowest BCUT2D eigenvalue weighted by molar-refractivity contribution is 0.331. The van der Waals surface area contributed by atoms with E-state index in [1.54, 1.807) is 6.07 Å². The van der Waals surface area contributed by atoms with E-state index in [-0.39, 0.29) is 23.1 Å². The fourth-order valence-electron chi connectivity index (χ4n) is 1.65. The van der Waals surface area contributed by atoms with Crippen LogP contribution < -0.4 is 5.32 Å². The molecule has 3 heteroatoms. The predicted octanol–water partition coefficient (Wildman–Crippen LogP) is 2.94. The van der Waals surface area contributed by atoms with Crippen molar-refractivity contribution in [2.75, 3.05) is 0 Å². The first-order valence-corrected chi connectivity index (χ1v) is 5.65. The van der Waals surface area contributed by atoms with Gasteiger partial charge in [0.1, 0.15) is 11.5 Å². The highest BCUT2D eigenvalue weighted by molar-refractivity contribution is 5.40. The number of hydrogen-bond acceptors (Lipinski definition) is 3. The first-order valence-electron chi connectivity index (χ1n) is 5.65. The van der Waals surface area contributed by atoms with Gasteiger partial charge in [0.2, 0.25) is 0 Å². The Bertz CT molecular complexity index is 361. The molecule has 90 valence electrons. The summed E-state index contributed by atoms with van der Waals surface area (Å²) < 4.78 is 0. The van der Waals surface area contributed by atoms with E-state index in [0.717, 1.165) is 12.0 Å². The molecule has 3 N–H and O–H groups in total. The normalized spacial score (nSPS) is 13.8. The lowest BCUT2D eigenvalue weighted by atomic mass is 9.98. The van der Waals surface area contributed by atoms with Gasteiger partial charge in [0, 0.05) is 17.1 Å². The van der Waals surface area contributed by atoms with Crippen LogP contribution in [0.15, 0.2) is 18.2 Å². The van der Waals surface area contributed by atoms with Crippen LogP contribution in [0.5, 0.6) is 11.5 Å². The smallest absolute Gasteiger partial charge is 0.120 e. The van der Waals surface area contributed by atoms with E-state index in [9.17, 15) is 10.2 Å². The van der Waals surface area contributed by atoms with Crippen molar-refractivity contribution in [3.63, 3.8) is 0 Å². The number of phenols is 2. The summed E-state index contributed by atoms with van der Waals surface area (Å²) in [5.74, 6) is 0.389. The minimum absolute atomic E-state index is 0.00190. The van der Waals surface area contributed by atoms with Gasteiger partial charge in [0.05, 0.1) is 0 Å². The fourth-order valence-corrected chi connectivity index (χ4v) is 1.65. The third kappa shape index (κ3) is 3.14. The molecular formula is C13H21NO2. The Hall–Kier alpha value is -1.22. The molecule has 0 saturated carbocycles. The van der Waals surface area contributed by atoms with Gasteiger partial charge in [-0.2, -0.15) is 0 Å². The molecule has 0 aliphatic carbocycles. The van der Waals surface area contributed by atoms with Crippen molar-refractivity contribution in [3.05, 3.63) is 23.8 Å². The minimum atomic E-state index is 0.00190. The third-order valence-electron chi connectivity index (χ3n) is 2.97. The maximum atomic E-state index is 9.72. The van der Waals surface area contributed by atoms with Crippen LogP contribution in [-0.4, -0.2) is 15.8 Å². The second kappa shape index (κ2) is 4.74. The van der Waals surface area contributed by atoms with Gasteiger partial charge in [-0.3, -0.25) is 0 Å². The largest absolute Gasteiger partial charge is 0.508 e. The lowest BCUT2D eigenvalue weighted by Crippen LogP contribution is -2.40. The van der Waals surface area contributed by atoms with Crippen molar-refractivity contribution < 1.29 is 10.2 Å². The van der Waals surface area contributed by atoms with E-state index in [2.05, 4.69) is 26.1 Å². The van der Waals surface area contributed by atoms with Crippen LogP contribution in [0.25, 0.3) is 0 Å².